The number of ether oxygens (including phenoxy) is 1. The number of benzene rings is 2. The highest BCUT2D eigenvalue weighted by atomic mass is 19.1. The summed E-state index contributed by atoms with van der Waals surface area (Å²) in [6.45, 7) is 17.7. The number of aliphatic imine (C=N–C) groups is 1. The molecule has 0 saturated heterocycles. The van der Waals surface area contributed by atoms with Crippen LogP contribution in [0.1, 0.15) is 79.2 Å². The van der Waals surface area contributed by atoms with Gasteiger partial charge >= 0.3 is 0 Å². The number of halogens is 1. The Bertz CT molecular complexity index is 1030. The zero-order chi connectivity index (χ0) is 28.6. The van der Waals surface area contributed by atoms with E-state index < -0.39 is 5.82 Å². The second-order valence-corrected chi connectivity index (χ2v) is 10.3. The monoisotopic (exact) mass is 526 g/mol. The lowest BCUT2D eigenvalue weighted by atomic mass is 9.90. The number of likely N-dealkylation sites (N-methyl/N-ethyl adjacent to an activating group) is 1. The molecule has 0 aliphatic rings. The largest absolute Gasteiger partial charge is 0.492 e. The van der Waals surface area contributed by atoms with Gasteiger partial charge in [-0.1, -0.05) is 54.0 Å². The molecule has 38 heavy (non-hydrogen) atoms. The summed E-state index contributed by atoms with van der Waals surface area (Å²) in [6.07, 6.45) is 6.57. The van der Waals surface area contributed by atoms with E-state index in [9.17, 15) is 9.18 Å². The van der Waals surface area contributed by atoms with Crippen LogP contribution in [0.4, 0.5) is 21.5 Å². The number of nitrogens with one attached hydrogen (secondary N) is 3. The van der Waals surface area contributed by atoms with Gasteiger partial charge in [-0.05, 0) is 56.5 Å². The molecule has 0 heterocycles. The quantitative estimate of drug-likeness (QED) is 0.182. The molecule has 2 aromatic rings. The summed E-state index contributed by atoms with van der Waals surface area (Å²) in [5, 5.41) is 9.03. The third kappa shape index (κ3) is 12.9. The fraction of sp³-hybridized carbons (Fsp3) is 0.484. The van der Waals surface area contributed by atoms with Crippen molar-refractivity contribution < 1.29 is 13.9 Å². The molecule has 0 saturated carbocycles. The number of rotatable bonds is 13. The average molecular weight is 527 g/mol. The first kappa shape index (κ1) is 32.8. The van der Waals surface area contributed by atoms with Crippen molar-refractivity contribution in [2.45, 2.75) is 73.6 Å². The molecule has 0 bridgehead atoms. The van der Waals surface area contributed by atoms with Crippen molar-refractivity contribution in [1.29, 1.82) is 0 Å². The summed E-state index contributed by atoms with van der Waals surface area (Å²) in [5.41, 5.74) is 2.73. The molecule has 3 N–H and O–H groups in total. The molecule has 0 radical (unpaired) electrons. The molecule has 210 valence electrons. The van der Waals surface area contributed by atoms with E-state index in [0.717, 1.165) is 18.5 Å². The van der Waals surface area contributed by atoms with Crippen molar-refractivity contribution in [3.63, 3.8) is 0 Å². The molecule has 2 rings (SSSR count). The minimum absolute atomic E-state index is 0.00413. The van der Waals surface area contributed by atoms with Crippen molar-refractivity contribution in [3.05, 3.63) is 54.4 Å². The topological polar surface area (TPSA) is 74.8 Å². The second kappa shape index (κ2) is 17.3. The minimum Gasteiger partial charge on any atom is -0.492 e. The van der Waals surface area contributed by atoms with E-state index in [1.165, 1.54) is 18.9 Å². The van der Waals surface area contributed by atoms with Gasteiger partial charge in [0.05, 0.1) is 11.3 Å². The van der Waals surface area contributed by atoms with Gasteiger partial charge in [-0.25, -0.2) is 4.39 Å². The number of anilines is 2. The van der Waals surface area contributed by atoms with Crippen LogP contribution in [0, 0.1) is 11.2 Å². The lowest BCUT2D eigenvalue weighted by Gasteiger charge is -2.17. The van der Waals surface area contributed by atoms with Crippen LogP contribution in [-0.4, -0.2) is 32.3 Å². The standard InChI is InChI=1S/C27H37FN4O2.C4H10/c1-7-30-24-18-22(34-16-15-29-6)17-23(28)26(24)19(2)31-20-10-12-21(13-11-20)32-25(33)9-8-14-27(3,4)5;1-3-4-2/h7,10-13,17-18,29,31H,2,8-9,14-16H2,1,3-6H3,(H,32,33);3-4H2,1-2H3. The maximum absolute atomic E-state index is 15.0. The maximum atomic E-state index is 15.0. The minimum atomic E-state index is -0.473. The number of carbonyl (C=O) groups is 1. The zero-order valence-corrected chi connectivity index (χ0v) is 24.3. The molecule has 0 aliphatic heterocycles. The molecular weight excluding hydrogens is 479 g/mol. The van der Waals surface area contributed by atoms with E-state index in [4.69, 9.17) is 4.74 Å². The Balaban J connectivity index is 0.00000168. The Morgan fingerprint density at radius 2 is 1.68 bits per heavy atom. The molecule has 2 aromatic carbocycles. The van der Waals surface area contributed by atoms with Crippen LogP contribution < -0.4 is 20.7 Å². The second-order valence-electron chi connectivity index (χ2n) is 10.3. The third-order valence-corrected chi connectivity index (χ3v) is 5.53. The summed E-state index contributed by atoms with van der Waals surface area (Å²) < 4.78 is 20.6. The van der Waals surface area contributed by atoms with Gasteiger partial charge < -0.3 is 20.7 Å². The SMILES string of the molecule is C=C(Nc1ccc(NC(=O)CCCC(C)(C)C)cc1)c1c(F)cc(OCCNC)cc1N=CC.CCCC. The molecule has 0 fully saturated rings. The van der Waals surface area contributed by atoms with Crippen molar-refractivity contribution in [2.75, 3.05) is 30.8 Å². The van der Waals surface area contributed by atoms with Crippen LogP contribution >= 0.6 is 0 Å². The van der Waals surface area contributed by atoms with E-state index in [1.54, 1.807) is 31.3 Å². The smallest absolute Gasteiger partial charge is 0.224 e. The van der Waals surface area contributed by atoms with E-state index >= 15 is 0 Å². The number of nitrogens with zero attached hydrogens (tertiary/aromatic N) is 1. The van der Waals surface area contributed by atoms with Gasteiger partial charge in [0.2, 0.25) is 5.91 Å². The predicted octanol–water partition coefficient (Wildman–Crippen LogP) is 8.19. The fourth-order valence-electron chi connectivity index (χ4n) is 3.34. The lowest BCUT2D eigenvalue weighted by Crippen LogP contribution is -2.16. The van der Waals surface area contributed by atoms with E-state index in [1.807, 2.05) is 19.2 Å². The van der Waals surface area contributed by atoms with Crippen LogP contribution in [0.3, 0.4) is 0 Å². The van der Waals surface area contributed by atoms with Crippen molar-refractivity contribution in [1.82, 2.24) is 5.32 Å². The Labute approximate surface area is 229 Å². The molecule has 0 aromatic heterocycles. The highest BCUT2D eigenvalue weighted by Crippen LogP contribution is 2.33. The van der Waals surface area contributed by atoms with Crippen molar-refractivity contribution in [2.24, 2.45) is 10.4 Å². The summed E-state index contributed by atoms with van der Waals surface area (Å²) >= 11 is 0. The molecule has 0 unspecified atom stereocenters. The van der Waals surface area contributed by atoms with Crippen LogP contribution in [0.2, 0.25) is 0 Å². The van der Waals surface area contributed by atoms with E-state index in [-0.39, 0.29) is 16.9 Å². The van der Waals surface area contributed by atoms with Gasteiger partial charge in [0.15, 0.2) is 0 Å². The first-order chi connectivity index (χ1) is 18.0. The molecular formula is C31H47FN4O2. The maximum Gasteiger partial charge on any atom is 0.224 e. The van der Waals surface area contributed by atoms with Crippen LogP contribution in [-0.2, 0) is 4.79 Å². The summed E-state index contributed by atoms with van der Waals surface area (Å²) in [4.78, 5) is 16.5. The van der Waals surface area contributed by atoms with Crippen molar-refractivity contribution in [3.8, 4) is 5.75 Å². The average Bonchev–Trinajstić information content (AvgIpc) is 2.84. The predicted molar refractivity (Wildman–Crippen MR) is 161 cm³/mol. The Morgan fingerprint density at radius 3 is 2.21 bits per heavy atom. The highest BCUT2D eigenvalue weighted by molar-refractivity contribution is 5.91. The summed E-state index contributed by atoms with van der Waals surface area (Å²) in [5.74, 6) is -0.0674. The molecule has 0 spiro atoms. The van der Waals surface area contributed by atoms with Gasteiger partial charge in [-0.3, -0.25) is 9.79 Å². The van der Waals surface area contributed by atoms with Gasteiger partial charge in [-0.2, -0.15) is 0 Å². The zero-order valence-electron chi connectivity index (χ0n) is 24.3. The fourth-order valence-corrected chi connectivity index (χ4v) is 3.34. The molecule has 0 aliphatic carbocycles. The lowest BCUT2D eigenvalue weighted by molar-refractivity contribution is -0.116. The molecule has 0 atom stereocenters. The van der Waals surface area contributed by atoms with E-state index in [0.29, 0.717) is 42.4 Å². The Morgan fingerprint density at radius 1 is 1.08 bits per heavy atom. The first-order valence-corrected chi connectivity index (χ1v) is 13.5. The van der Waals surface area contributed by atoms with Gasteiger partial charge in [-0.15, -0.1) is 0 Å². The number of carbonyl (C=O) groups excluding carboxylic acids is 1. The first-order valence-electron chi connectivity index (χ1n) is 13.5. The van der Waals surface area contributed by atoms with Gasteiger partial charge in [0.1, 0.15) is 18.2 Å². The molecule has 7 heteroatoms. The van der Waals surface area contributed by atoms with Gasteiger partial charge in [0, 0.05) is 48.4 Å². The highest BCUT2D eigenvalue weighted by Gasteiger charge is 2.15. The molecule has 1 amide bonds. The van der Waals surface area contributed by atoms with Crippen molar-refractivity contribution >= 4 is 34.9 Å². The molecule has 6 nitrogen and oxygen atoms in total. The third-order valence-electron chi connectivity index (χ3n) is 5.53. The van der Waals surface area contributed by atoms with Gasteiger partial charge in [0.25, 0.3) is 0 Å². The Kier molecular flexibility index (Phi) is 15.0. The number of amides is 1. The number of hydrogen-bond acceptors (Lipinski definition) is 5. The van der Waals surface area contributed by atoms with Crippen LogP contribution in [0.5, 0.6) is 5.75 Å². The summed E-state index contributed by atoms with van der Waals surface area (Å²) in [7, 11) is 1.82. The normalized spacial score (nSPS) is 11.1. The van der Waals surface area contributed by atoms with Crippen LogP contribution in [0.25, 0.3) is 5.70 Å². The number of unbranched alkanes of at least 4 members (excludes halogenated alkanes) is 1. The van der Waals surface area contributed by atoms with E-state index in [2.05, 4.69) is 62.1 Å². The Hall–Kier alpha value is -3.19. The number of hydrogen-bond donors (Lipinski definition) is 3. The van der Waals surface area contributed by atoms with Crippen LogP contribution in [0.15, 0.2) is 48.0 Å². The summed E-state index contributed by atoms with van der Waals surface area (Å²) in [6, 6.07) is 10.3.